The van der Waals surface area contributed by atoms with Crippen LogP contribution in [0.3, 0.4) is 0 Å². The highest BCUT2D eigenvalue weighted by Gasteiger charge is 2.06. The molecule has 13 heavy (non-hydrogen) atoms. The molecule has 4 N–H and O–H groups in total. The zero-order valence-electron chi connectivity index (χ0n) is 6.87. The molecule has 3 nitrogen and oxygen atoms in total. The van der Waals surface area contributed by atoms with Gasteiger partial charge in [0.2, 0.25) is 0 Å². The van der Waals surface area contributed by atoms with Crippen molar-refractivity contribution in [1.82, 2.24) is 0 Å². The van der Waals surface area contributed by atoms with Crippen LogP contribution >= 0.6 is 0 Å². The lowest BCUT2D eigenvalue weighted by molar-refractivity contribution is 0.379. The topological polar surface area (TPSA) is 66.5 Å². The second kappa shape index (κ2) is 3.91. The molecule has 0 saturated carbocycles. The Morgan fingerprint density at radius 2 is 2.08 bits per heavy atom. The number of aromatic hydroxyl groups is 2. The van der Waals surface area contributed by atoms with Crippen LogP contribution in [0.2, 0.25) is 0 Å². The Kier molecular flexibility index (Phi) is 2.87. The second-order valence-corrected chi connectivity index (χ2v) is 2.51. The predicted molar refractivity (Wildman–Crippen MR) is 47.8 cm³/mol. The van der Waals surface area contributed by atoms with E-state index in [9.17, 15) is 4.39 Å². The van der Waals surface area contributed by atoms with Gasteiger partial charge in [0.05, 0.1) is 0 Å². The van der Waals surface area contributed by atoms with Crippen LogP contribution in [0.5, 0.6) is 11.5 Å². The van der Waals surface area contributed by atoms with Crippen LogP contribution in [0.15, 0.2) is 18.2 Å². The van der Waals surface area contributed by atoms with E-state index in [1.54, 1.807) is 12.2 Å². The summed E-state index contributed by atoms with van der Waals surface area (Å²) in [7, 11) is 0. The third kappa shape index (κ3) is 2.19. The molecule has 1 aromatic carbocycles. The lowest BCUT2D eigenvalue weighted by Gasteiger charge is -2.00. The first kappa shape index (κ1) is 9.54. The van der Waals surface area contributed by atoms with Gasteiger partial charge >= 0.3 is 0 Å². The normalized spacial score (nSPS) is 10.9. The van der Waals surface area contributed by atoms with E-state index in [1.807, 2.05) is 0 Å². The first-order valence-corrected chi connectivity index (χ1v) is 3.73. The van der Waals surface area contributed by atoms with Crippen molar-refractivity contribution in [1.29, 1.82) is 0 Å². The van der Waals surface area contributed by atoms with Gasteiger partial charge in [-0.2, -0.15) is 0 Å². The number of nitrogens with two attached hydrogens (primary N) is 1. The van der Waals surface area contributed by atoms with Gasteiger partial charge in [-0.1, -0.05) is 12.2 Å². The molecule has 0 amide bonds. The summed E-state index contributed by atoms with van der Waals surface area (Å²) in [5.74, 6) is -2.06. The first-order valence-electron chi connectivity index (χ1n) is 3.73. The highest BCUT2D eigenvalue weighted by atomic mass is 19.1. The lowest BCUT2D eigenvalue weighted by Crippen LogP contribution is -1.92. The second-order valence-electron chi connectivity index (χ2n) is 2.51. The van der Waals surface area contributed by atoms with Gasteiger partial charge in [0.1, 0.15) is 0 Å². The smallest absolute Gasteiger partial charge is 0.194 e. The number of rotatable bonds is 2. The first-order chi connectivity index (χ1) is 6.15. The van der Waals surface area contributed by atoms with Gasteiger partial charge in [0.15, 0.2) is 17.3 Å². The maximum Gasteiger partial charge on any atom is 0.194 e. The summed E-state index contributed by atoms with van der Waals surface area (Å²) >= 11 is 0. The van der Waals surface area contributed by atoms with E-state index in [1.165, 1.54) is 6.07 Å². The molecule has 0 radical (unpaired) electrons. The van der Waals surface area contributed by atoms with Crippen molar-refractivity contribution in [2.24, 2.45) is 5.73 Å². The van der Waals surface area contributed by atoms with E-state index < -0.39 is 17.3 Å². The number of phenolic OH excluding ortho intramolecular Hbond substituents is 2. The molecule has 0 bridgehead atoms. The maximum atomic E-state index is 12.8. The Hall–Kier alpha value is -1.55. The van der Waals surface area contributed by atoms with Crippen molar-refractivity contribution in [3.8, 4) is 11.5 Å². The van der Waals surface area contributed by atoms with Crippen molar-refractivity contribution in [3.63, 3.8) is 0 Å². The van der Waals surface area contributed by atoms with Crippen molar-refractivity contribution in [3.05, 3.63) is 29.6 Å². The van der Waals surface area contributed by atoms with Crippen LogP contribution in [0, 0.1) is 5.82 Å². The molecule has 0 aliphatic carbocycles. The minimum absolute atomic E-state index is 0.337. The van der Waals surface area contributed by atoms with Gasteiger partial charge in [-0.15, -0.1) is 0 Å². The van der Waals surface area contributed by atoms with Crippen molar-refractivity contribution < 1.29 is 14.6 Å². The number of benzene rings is 1. The van der Waals surface area contributed by atoms with Gasteiger partial charge in [-0.05, 0) is 17.7 Å². The Morgan fingerprint density at radius 1 is 1.38 bits per heavy atom. The van der Waals surface area contributed by atoms with E-state index in [-0.39, 0.29) is 0 Å². The SMILES string of the molecule is NC/C=C/c1cc(O)c(O)c(F)c1. The molecule has 0 aliphatic rings. The van der Waals surface area contributed by atoms with E-state index in [4.69, 9.17) is 15.9 Å². The molecule has 0 aliphatic heterocycles. The van der Waals surface area contributed by atoms with Crippen LogP contribution in [0.4, 0.5) is 4.39 Å². The molecular weight excluding hydrogens is 173 g/mol. The fourth-order valence-electron chi connectivity index (χ4n) is 0.905. The quantitative estimate of drug-likeness (QED) is 0.604. The standard InChI is InChI=1S/C9H10FNO2/c10-7-4-6(2-1-3-11)5-8(12)9(7)13/h1-2,4-5,12-13H,3,11H2/b2-1+. The van der Waals surface area contributed by atoms with Crippen molar-refractivity contribution in [2.75, 3.05) is 6.54 Å². The van der Waals surface area contributed by atoms with E-state index in [0.717, 1.165) is 6.07 Å². The van der Waals surface area contributed by atoms with Crippen LogP contribution < -0.4 is 5.73 Å². The van der Waals surface area contributed by atoms with E-state index >= 15 is 0 Å². The average molecular weight is 183 g/mol. The minimum Gasteiger partial charge on any atom is -0.504 e. The number of halogens is 1. The molecular formula is C9H10FNO2. The molecule has 0 fully saturated rings. The average Bonchev–Trinajstić information content (AvgIpc) is 2.10. The van der Waals surface area contributed by atoms with E-state index in [0.29, 0.717) is 12.1 Å². The molecule has 0 saturated heterocycles. The highest BCUT2D eigenvalue weighted by molar-refractivity contribution is 5.55. The van der Waals surface area contributed by atoms with Crippen molar-refractivity contribution in [2.45, 2.75) is 0 Å². The maximum absolute atomic E-state index is 12.8. The van der Waals surface area contributed by atoms with Gasteiger partial charge in [0, 0.05) is 6.54 Å². The summed E-state index contributed by atoms with van der Waals surface area (Å²) in [6.07, 6.45) is 3.17. The van der Waals surface area contributed by atoms with Gasteiger partial charge in [0.25, 0.3) is 0 Å². The zero-order chi connectivity index (χ0) is 9.84. The Bertz CT molecular complexity index is 313. The fraction of sp³-hybridized carbons (Fsp3) is 0.111. The molecule has 0 heterocycles. The molecule has 0 unspecified atom stereocenters. The summed E-state index contributed by atoms with van der Waals surface area (Å²) in [4.78, 5) is 0. The number of hydrogen-bond donors (Lipinski definition) is 3. The van der Waals surface area contributed by atoms with Crippen LogP contribution in [-0.2, 0) is 0 Å². The largest absolute Gasteiger partial charge is 0.504 e. The Balaban J connectivity index is 3.06. The van der Waals surface area contributed by atoms with E-state index in [2.05, 4.69) is 0 Å². The molecule has 1 aromatic rings. The van der Waals surface area contributed by atoms with Crippen LogP contribution in [0.25, 0.3) is 6.08 Å². The zero-order valence-corrected chi connectivity index (χ0v) is 6.87. The third-order valence-corrected chi connectivity index (χ3v) is 1.51. The number of phenols is 2. The fourth-order valence-corrected chi connectivity index (χ4v) is 0.905. The van der Waals surface area contributed by atoms with Crippen LogP contribution in [-0.4, -0.2) is 16.8 Å². The van der Waals surface area contributed by atoms with Gasteiger partial charge in [-0.25, -0.2) is 4.39 Å². The molecule has 0 spiro atoms. The van der Waals surface area contributed by atoms with Crippen molar-refractivity contribution >= 4 is 6.08 Å². The molecule has 70 valence electrons. The summed E-state index contributed by atoms with van der Waals surface area (Å²) < 4.78 is 12.8. The molecule has 1 rings (SSSR count). The number of hydrogen-bond acceptors (Lipinski definition) is 3. The van der Waals surface area contributed by atoms with Gasteiger partial charge < -0.3 is 15.9 Å². The molecule has 4 heteroatoms. The minimum atomic E-state index is -0.850. The highest BCUT2D eigenvalue weighted by Crippen LogP contribution is 2.29. The summed E-state index contributed by atoms with van der Waals surface area (Å²) in [5, 5.41) is 17.9. The predicted octanol–water partition coefficient (Wildman–Crippen LogP) is 1.21. The Morgan fingerprint density at radius 3 is 2.62 bits per heavy atom. The summed E-state index contributed by atoms with van der Waals surface area (Å²) in [6.45, 7) is 0.337. The van der Waals surface area contributed by atoms with Gasteiger partial charge in [-0.3, -0.25) is 0 Å². The summed E-state index contributed by atoms with van der Waals surface area (Å²) in [5.41, 5.74) is 5.65. The third-order valence-electron chi connectivity index (χ3n) is 1.51. The monoisotopic (exact) mass is 183 g/mol. The molecule has 0 aromatic heterocycles. The Labute approximate surface area is 74.9 Å². The lowest BCUT2D eigenvalue weighted by atomic mass is 10.2. The summed E-state index contributed by atoms with van der Waals surface area (Å²) in [6, 6.07) is 2.37. The van der Waals surface area contributed by atoms with Crippen LogP contribution in [0.1, 0.15) is 5.56 Å². The molecule has 0 atom stereocenters.